The number of aromatic nitrogens is 2. The van der Waals surface area contributed by atoms with E-state index >= 15 is 0 Å². The van der Waals surface area contributed by atoms with Gasteiger partial charge in [0.1, 0.15) is 12.4 Å². The van der Waals surface area contributed by atoms with Crippen molar-refractivity contribution in [3.8, 4) is 0 Å². The third-order valence-corrected chi connectivity index (χ3v) is 2.84. The van der Waals surface area contributed by atoms with Crippen LogP contribution in [0.5, 0.6) is 0 Å². The van der Waals surface area contributed by atoms with E-state index in [1.807, 2.05) is 0 Å². The van der Waals surface area contributed by atoms with Crippen LogP contribution in [0, 0.1) is 15.5 Å². The van der Waals surface area contributed by atoms with Gasteiger partial charge in [-0.2, -0.15) is 5.10 Å². The van der Waals surface area contributed by atoms with E-state index in [0.29, 0.717) is 13.0 Å². The molecular weight excluding hydrogens is 276 g/mol. The molecule has 8 heteroatoms. The van der Waals surface area contributed by atoms with Crippen LogP contribution in [-0.4, -0.2) is 50.2 Å². The van der Waals surface area contributed by atoms with Gasteiger partial charge in [0.25, 0.3) is 0 Å². The lowest BCUT2D eigenvalue weighted by Crippen LogP contribution is -2.36. The number of hydrogen-bond donors (Lipinski definition) is 3. The lowest BCUT2D eigenvalue weighted by molar-refractivity contribution is -0.385. The van der Waals surface area contributed by atoms with Crippen LogP contribution in [0.15, 0.2) is 12.4 Å². The highest BCUT2D eigenvalue weighted by Crippen LogP contribution is 2.20. The van der Waals surface area contributed by atoms with Crippen molar-refractivity contribution >= 4 is 5.69 Å². The molecular formula is C13H24N4O4. The van der Waals surface area contributed by atoms with Crippen LogP contribution < -0.4 is 5.32 Å². The molecule has 0 aliphatic heterocycles. The SMILES string of the molecule is CC(C)(C)CC(O)CNCC(O)Cn1cc([N+](=O)[O-])cn1. The van der Waals surface area contributed by atoms with Crippen LogP contribution in [0.4, 0.5) is 5.69 Å². The monoisotopic (exact) mass is 300 g/mol. The van der Waals surface area contributed by atoms with Crippen LogP contribution in [0.25, 0.3) is 0 Å². The van der Waals surface area contributed by atoms with E-state index in [4.69, 9.17) is 0 Å². The van der Waals surface area contributed by atoms with E-state index in [2.05, 4.69) is 31.2 Å². The Hall–Kier alpha value is -1.51. The number of rotatable bonds is 8. The molecule has 0 radical (unpaired) electrons. The summed E-state index contributed by atoms with van der Waals surface area (Å²) >= 11 is 0. The van der Waals surface area contributed by atoms with E-state index < -0.39 is 17.1 Å². The van der Waals surface area contributed by atoms with Gasteiger partial charge in [0.2, 0.25) is 0 Å². The number of hydrogen-bond acceptors (Lipinski definition) is 6. The summed E-state index contributed by atoms with van der Waals surface area (Å²) in [6.07, 6.45) is 1.89. The first-order valence-electron chi connectivity index (χ1n) is 6.91. The van der Waals surface area contributed by atoms with E-state index in [1.165, 1.54) is 10.9 Å². The fourth-order valence-corrected chi connectivity index (χ4v) is 2.02. The summed E-state index contributed by atoms with van der Waals surface area (Å²) in [5.74, 6) is 0. The molecule has 0 spiro atoms. The summed E-state index contributed by atoms with van der Waals surface area (Å²) < 4.78 is 1.33. The van der Waals surface area contributed by atoms with Crippen molar-refractivity contribution < 1.29 is 15.1 Å². The summed E-state index contributed by atoms with van der Waals surface area (Å²) in [6, 6.07) is 0. The highest BCUT2D eigenvalue weighted by atomic mass is 16.6. The van der Waals surface area contributed by atoms with Crippen molar-refractivity contribution in [1.29, 1.82) is 0 Å². The number of aliphatic hydroxyl groups excluding tert-OH is 2. The van der Waals surface area contributed by atoms with Gasteiger partial charge in [-0.1, -0.05) is 20.8 Å². The fraction of sp³-hybridized carbons (Fsp3) is 0.769. The lowest BCUT2D eigenvalue weighted by Gasteiger charge is -2.23. The Morgan fingerprint density at radius 3 is 2.52 bits per heavy atom. The minimum Gasteiger partial charge on any atom is -0.392 e. The Morgan fingerprint density at radius 1 is 1.38 bits per heavy atom. The Balaban J connectivity index is 2.27. The van der Waals surface area contributed by atoms with Crippen LogP contribution in [-0.2, 0) is 6.54 Å². The van der Waals surface area contributed by atoms with Crippen molar-refractivity contribution in [2.45, 2.75) is 45.9 Å². The molecule has 21 heavy (non-hydrogen) atoms. The predicted octanol–water partition coefficient (Wildman–Crippen LogP) is 0.539. The molecule has 2 unspecified atom stereocenters. The standard InChI is InChI=1S/C13H24N4O4/c1-13(2,3)4-11(18)6-14-7-12(19)9-16-8-10(5-15-16)17(20)21/h5,8,11-12,14,18-19H,4,6-7,9H2,1-3H3. The van der Waals surface area contributed by atoms with Crippen LogP contribution >= 0.6 is 0 Å². The average molecular weight is 300 g/mol. The third-order valence-electron chi connectivity index (χ3n) is 2.84. The molecule has 8 nitrogen and oxygen atoms in total. The molecule has 3 N–H and O–H groups in total. The van der Waals surface area contributed by atoms with E-state index in [-0.39, 0.29) is 24.2 Å². The maximum Gasteiger partial charge on any atom is 0.306 e. The first-order valence-corrected chi connectivity index (χ1v) is 6.91. The molecule has 1 heterocycles. The van der Waals surface area contributed by atoms with Crippen molar-refractivity contribution in [3.05, 3.63) is 22.5 Å². The van der Waals surface area contributed by atoms with Gasteiger partial charge in [-0.15, -0.1) is 0 Å². The fourth-order valence-electron chi connectivity index (χ4n) is 2.02. The maximum absolute atomic E-state index is 10.5. The normalized spacial score (nSPS) is 14.9. The zero-order valence-corrected chi connectivity index (χ0v) is 12.7. The van der Waals surface area contributed by atoms with Gasteiger partial charge in [0.15, 0.2) is 0 Å². The van der Waals surface area contributed by atoms with Gasteiger partial charge in [0, 0.05) is 13.1 Å². The molecule has 0 saturated heterocycles. The molecule has 0 amide bonds. The molecule has 1 aromatic heterocycles. The van der Waals surface area contributed by atoms with Gasteiger partial charge in [-0.05, 0) is 11.8 Å². The molecule has 0 aliphatic carbocycles. The second kappa shape index (κ2) is 7.48. The molecule has 0 fully saturated rings. The predicted molar refractivity (Wildman–Crippen MR) is 77.8 cm³/mol. The zero-order chi connectivity index (χ0) is 16.0. The average Bonchev–Trinajstić information content (AvgIpc) is 2.74. The van der Waals surface area contributed by atoms with E-state index in [1.54, 1.807) is 0 Å². The van der Waals surface area contributed by atoms with E-state index in [9.17, 15) is 20.3 Å². The van der Waals surface area contributed by atoms with Gasteiger partial charge < -0.3 is 15.5 Å². The first kappa shape index (κ1) is 17.5. The molecule has 120 valence electrons. The summed E-state index contributed by atoms with van der Waals surface area (Å²) in [7, 11) is 0. The third kappa shape index (κ3) is 7.16. The van der Waals surface area contributed by atoms with Crippen molar-refractivity contribution in [2.24, 2.45) is 5.41 Å². The van der Waals surface area contributed by atoms with Gasteiger partial charge >= 0.3 is 5.69 Å². The summed E-state index contributed by atoms with van der Waals surface area (Å²) in [5, 5.41) is 36.9. The van der Waals surface area contributed by atoms with Crippen molar-refractivity contribution in [1.82, 2.24) is 15.1 Å². The zero-order valence-electron chi connectivity index (χ0n) is 12.7. The number of nitro groups is 1. The highest BCUT2D eigenvalue weighted by molar-refractivity contribution is 5.20. The van der Waals surface area contributed by atoms with Crippen molar-refractivity contribution in [3.63, 3.8) is 0 Å². The molecule has 0 saturated carbocycles. The van der Waals surface area contributed by atoms with Crippen LogP contribution in [0.3, 0.4) is 0 Å². The molecule has 2 atom stereocenters. The molecule has 0 bridgehead atoms. The topological polar surface area (TPSA) is 113 Å². The van der Waals surface area contributed by atoms with Crippen LogP contribution in [0.1, 0.15) is 27.2 Å². The van der Waals surface area contributed by atoms with E-state index in [0.717, 1.165) is 6.20 Å². The van der Waals surface area contributed by atoms with Gasteiger partial charge in [-0.3, -0.25) is 14.8 Å². The molecule has 1 rings (SSSR count). The number of aliphatic hydroxyl groups is 2. The number of nitrogens with zero attached hydrogens (tertiary/aromatic N) is 3. The minimum atomic E-state index is -0.730. The highest BCUT2D eigenvalue weighted by Gasteiger charge is 2.17. The van der Waals surface area contributed by atoms with Gasteiger partial charge in [0.05, 0.1) is 23.7 Å². The summed E-state index contributed by atoms with van der Waals surface area (Å²) in [5.41, 5.74) is -0.0518. The summed E-state index contributed by atoms with van der Waals surface area (Å²) in [6.45, 7) is 7.00. The first-order chi connectivity index (χ1) is 9.67. The second-order valence-corrected chi connectivity index (χ2v) is 6.41. The Morgan fingerprint density at radius 2 is 2.00 bits per heavy atom. The maximum atomic E-state index is 10.5. The minimum absolute atomic E-state index is 0.0493. The van der Waals surface area contributed by atoms with Crippen molar-refractivity contribution in [2.75, 3.05) is 13.1 Å². The molecule has 1 aromatic rings. The Kier molecular flexibility index (Phi) is 6.25. The Labute approximate surface area is 123 Å². The molecule has 0 aromatic carbocycles. The molecule has 0 aliphatic rings. The number of nitrogens with one attached hydrogen (secondary N) is 1. The largest absolute Gasteiger partial charge is 0.392 e. The quantitative estimate of drug-likeness (QED) is 0.477. The van der Waals surface area contributed by atoms with Gasteiger partial charge in [-0.25, -0.2) is 0 Å². The smallest absolute Gasteiger partial charge is 0.306 e. The summed E-state index contributed by atoms with van der Waals surface area (Å²) in [4.78, 5) is 9.98. The van der Waals surface area contributed by atoms with Crippen LogP contribution in [0.2, 0.25) is 0 Å². The second-order valence-electron chi connectivity index (χ2n) is 6.41. The lowest BCUT2D eigenvalue weighted by atomic mass is 9.89. The Bertz CT molecular complexity index is 455.